The summed E-state index contributed by atoms with van der Waals surface area (Å²) in [6.07, 6.45) is 3.21. The van der Waals surface area contributed by atoms with Crippen LogP contribution in [0, 0.1) is 5.41 Å². The van der Waals surface area contributed by atoms with E-state index in [1.807, 2.05) is 35.7 Å². The van der Waals surface area contributed by atoms with Gasteiger partial charge >= 0.3 is 0 Å². The summed E-state index contributed by atoms with van der Waals surface area (Å²) < 4.78 is 0. The van der Waals surface area contributed by atoms with Crippen molar-refractivity contribution in [1.29, 1.82) is 0 Å². The van der Waals surface area contributed by atoms with Crippen molar-refractivity contribution in [3.63, 3.8) is 0 Å². The molecule has 1 N–H and O–H groups in total. The second kappa shape index (κ2) is 5.45. The first-order chi connectivity index (χ1) is 10.0. The highest BCUT2D eigenvalue weighted by atomic mass is 32.1. The molecular weight excluding hydrogens is 280 g/mol. The molecule has 0 unspecified atom stereocenters. The second-order valence-electron chi connectivity index (χ2n) is 6.18. The molecule has 1 aliphatic carbocycles. The molecule has 0 atom stereocenters. The predicted octanol–water partition coefficient (Wildman–Crippen LogP) is 4.50. The van der Waals surface area contributed by atoms with E-state index < -0.39 is 0 Å². The van der Waals surface area contributed by atoms with Gasteiger partial charge in [-0.05, 0) is 11.8 Å². The third-order valence-corrected chi connectivity index (χ3v) is 4.26. The van der Waals surface area contributed by atoms with Gasteiger partial charge in [0.1, 0.15) is 0 Å². The van der Waals surface area contributed by atoms with Crippen molar-refractivity contribution >= 4 is 22.3 Å². The Balaban J connectivity index is 1.78. The van der Waals surface area contributed by atoms with E-state index in [4.69, 9.17) is 0 Å². The highest BCUT2D eigenvalue weighted by Gasteiger charge is 2.27. The van der Waals surface area contributed by atoms with E-state index in [9.17, 15) is 4.79 Å². The molecule has 0 fully saturated rings. The SMILES string of the molecule is CC1(C)CC(=O)C=C(Nc2nc(-c3ccccc3)cs2)C1. The summed E-state index contributed by atoms with van der Waals surface area (Å²) in [6, 6.07) is 10.1. The summed E-state index contributed by atoms with van der Waals surface area (Å²) in [6.45, 7) is 4.24. The van der Waals surface area contributed by atoms with Gasteiger partial charge in [-0.25, -0.2) is 4.98 Å². The van der Waals surface area contributed by atoms with Gasteiger partial charge in [0.2, 0.25) is 0 Å². The van der Waals surface area contributed by atoms with E-state index in [1.54, 1.807) is 17.4 Å². The monoisotopic (exact) mass is 298 g/mol. The normalized spacial score (nSPS) is 17.4. The van der Waals surface area contributed by atoms with Crippen LogP contribution >= 0.6 is 11.3 Å². The minimum Gasteiger partial charge on any atom is -0.335 e. The molecule has 3 nitrogen and oxygen atoms in total. The average Bonchev–Trinajstić information content (AvgIpc) is 2.86. The van der Waals surface area contributed by atoms with E-state index in [0.29, 0.717) is 6.42 Å². The number of nitrogens with one attached hydrogen (secondary N) is 1. The summed E-state index contributed by atoms with van der Waals surface area (Å²) in [7, 11) is 0. The highest BCUT2D eigenvalue weighted by Crippen LogP contribution is 2.35. The molecule has 108 valence electrons. The Labute approximate surface area is 128 Å². The molecule has 1 aromatic carbocycles. The molecule has 3 rings (SSSR count). The molecule has 1 heterocycles. The molecule has 2 aromatic rings. The van der Waals surface area contributed by atoms with Crippen molar-refractivity contribution in [2.45, 2.75) is 26.7 Å². The fourth-order valence-corrected chi connectivity index (χ4v) is 3.39. The topological polar surface area (TPSA) is 42.0 Å². The molecule has 0 radical (unpaired) electrons. The zero-order valence-corrected chi connectivity index (χ0v) is 13.0. The van der Waals surface area contributed by atoms with Gasteiger partial charge < -0.3 is 5.32 Å². The number of carbonyl (C=O) groups is 1. The largest absolute Gasteiger partial charge is 0.335 e. The van der Waals surface area contributed by atoms with Gasteiger partial charge in [0.25, 0.3) is 0 Å². The van der Waals surface area contributed by atoms with Crippen molar-refractivity contribution in [3.8, 4) is 11.3 Å². The van der Waals surface area contributed by atoms with Crippen molar-refractivity contribution < 1.29 is 4.79 Å². The molecule has 1 aliphatic rings. The number of ketones is 1. The first kappa shape index (κ1) is 14.0. The Morgan fingerprint density at radius 3 is 2.67 bits per heavy atom. The Morgan fingerprint density at radius 1 is 1.19 bits per heavy atom. The number of anilines is 1. The minimum atomic E-state index is 0.0215. The number of thiazole rings is 1. The Hall–Kier alpha value is -1.94. The van der Waals surface area contributed by atoms with E-state index >= 15 is 0 Å². The zero-order valence-electron chi connectivity index (χ0n) is 12.2. The summed E-state index contributed by atoms with van der Waals surface area (Å²) >= 11 is 1.57. The summed E-state index contributed by atoms with van der Waals surface area (Å²) in [4.78, 5) is 16.4. The minimum absolute atomic E-state index is 0.0215. The standard InChI is InChI=1S/C17H18N2OS/c1-17(2)9-13(8-14(20)10-17)18-16-19-15(11-21-16)12-6-4-3-5-7-12/h3-8,11H,9-10H2,1-2H3,(H,18,19). The van der Waals surface area contributed by atoms with Gasteiger partial charge in [-0.3, -0.25) is 4.79 Å². The van der Waals surface area contributed by atoms with Gasteiger partial charge in [-0.2, -0.15) is 0 Å². The molecule has 0 amide bonds. The van der Waals surface area contributed by atoms with Crippen molar-refractivity contribution in [3.05, 3.63) is 47.5 Å². The molecule has 21 heavy (non-hydrogen) atoms. The van der Waals surface area contributed by atoms with Crippen LogP contribution in [0.5, 0.6) is 0 Å². The number of allylic oxidation sites excluding steroid dienone is 2. The maximum absolute atomic E-state index is 11.8. The maximum Gasteiger partial charge on any atom is 0.187 e. The van der Waals surface area contributed by atoms with Crippen LogP contribution in [0.3, 0.4) is 0 Å². The van der Waals surface area contributed by atoms with Gasteiger partial charge in [0.05, 0.1) is 5.69 Å². The van der Waals surface area contributed by atoms with E-state index in [2.05, 4.69) is 24.1 Å². The quantitative estimate of drug-likeness (QED) is 0.907. The fraction of sp³-hybridized carbons (Fsp3) is 0.294. The van der Waals surface area contributed by atoms with Crippen LogP contribution in [0.25, 0.3) is 11.3 Å². The van der Waals surface area contributed by atoms with E-state index in [1.165, 1.54) is 0 Å². The van der Waals surface area contributed by atoms with Crippen LogP contribution in [0.4, 0.5) is 5.13 Å². The zero-order chi connectivity index (χ0) is 14.9. The number of hydrogen-bond donors (Lipinski definition) is 1. The van der Waals surface area contributed by atoms with Gasteiger partial charge in [-0.15, -0.1) is 11.3 Å². The van der Waals surface area contributed by atoms with Crippen molar-refractivity contribution in [1.82, 2.24) is 4.98 Å². The van der Waals surface area contributed by atoms with E-state index in [-0.39, 0.29) is 11.2 Å². The molecule has 0 bridgehead atoms. The Morgan fingerprint density at radius 2 is 1.95 bits per heavy atom. The lowest BCUT2D eigenvalue weighted by molar-refractivity contribution is -0.117. The lowest BCUT2D eigenvalue weighted by atomic mass is 9.79. The summed E-state index contributed by atoms with van der Waals surface area (Å²) in [5.41, 5.74) is 3.05. The molecular formula is C17H18N2OS. The third kappa shape index (κ3) is 3.39. The second-order valence-corrected chi connectivity index (χ2v) is 7.04. The Kier molecular flexibility index (Phi) is 3.64. The number of nitrogens with zero attached hydrogens (tertiary/aromatic N) is 1. The van der Waals surface area contributed by atoms with Crippen LogP contribution in [-0.4, -0.2) is 10.8 Å². The predicted molar refractivity (Wildman–Crippen MR) is 87.3 cm³/mol. The number of benzene rings is 1. The van der Waals surface area contributed by atoms with Crippen LogP contribution in [-0.2, 0) is 4.79 Å². The van der Waals surface area contributed by atoms with Crippen LogP contribution in [0.15, 0.2) is 47.5 Å². The number of aromatic nitrogens is 1. The molecule has 0 saturated carbocycles. The maximum atomic E-state index is 11.8. The van der Waals surface area contributed by atoms with Crippen LogP contribution in [0.1, 0.15) is 26.7 Å². The molecule has 4 heteroatoms. The number of rotatable bonds is 3. The molecule has 0 spiro atoms. The molecule has 0 saturated heterocycles. The van der Waals surface area contributed by atoms with Gasteiger partial charge in [-0.1, -0.05) is 44.2 Å². The van der Waals surface area contributed by atoms with Crippen molar-refractivity contribution in [2.24, 2.45) is 5.41 Å². The fourth-order valence-electron chi connectivity index (χ4n) is 2.64. The highest BCUT2D eigenvalue weighted by molar-refractivity contribution is 7.14. The number of carbonyl (C=O) groups excluding carboxylic acids is 1. The lowest BCUT2D eigenvalue weighted by Gasteiger charge is -2.28. The van der Waals surface area contributed by atoms with Crippen LogP contribution < -0.4 is 5.32 Å². The van der Waals surface area contributed by atoms with Crippen molar-refractivity contribution in [2.75, 3.05) is 5.32 Å². The first-order valence-electron chi connectivity index (χ1n) is 7.03. The average molecular weight is 298 g/mol. The van der Waals surface area contributed by atoms with Gasteiger partial charge in [0.15, 0.2) is 10.9 Å². The molecule has 1 aromatic heterocycles. The summed E-state index contributed by atoms with van der Waals surface area (Å²) in [5.74, 6) is 0.189. The first-order valence-corrected chi connectivity index (χ1v) is 7.91. The summed E-state index contributed by atoms with van der Waals surface area (Å²) in [5, 5.41) is 6.18. The van der Waals surface area contributed by atoms with Crippen LogP contribution in [0.2, 0.25) is 0 Å². The third-order valence-electron chi connectivity index (χ3n) is 3.50. The van der Waals surface area contributed by atoms with E-state index in [0.717, 1.165) is 28.5 Å². The smallest absolute Gasteiger partial charge is 0.187 e. The number of hydrogen-bond acceptors (Lipinski definition) is 4. The molecule has 0 aliphatic heterocycles. The Bertz CT molecular complexity index is 686. The van der Waals surface area contributed by atoms with Gasteiger partial charge in [0, 0.05) is 29.1 Å². The lowest BCUT2D eigenvalue weighted by Crippen LogP contribution is -2.24.